The standard InChI is InChI=1S/C15H29N3O/c1-2-7-18-10-9-17(13-15(18)3-1)8-6-16-14-4-11-19-12-5-14/h14-16H,1-13H2. The van der Waals surface area contributed by atoms with E-state index in [2.05, 4.69) is 15.1 Å². The molecule has 19 heavy (non-hydrogen) atoms. The zero-order valence-corrected chi connectivity index (χ0v) is 12.1. The number of hydrogen-bond acceptors (Lipinski definition) is 4. The summed E-state index contributed by atoms with van der Waals surface area (Å²) in [4.78, 5) is 5.38. The highest BCUT2D eigenvalue weighted by Gasteiger charge is 2.28. The lowest BCUT2D eigenvalue weighted by molar-refractivity contribution is 0.0473. The van der Waals surface area contributed by atoms with Crippen molar-refractivity contribution in [3.8, 4) is 0 Å². The third-order valence-electron chi connectivity index (χ3n) is 5.00. The largest absolute Gasteiger partial charge is 0.381 e. The maximum atomic E-state index is 5.40. The molecular weight excluding hydrogens is 238 g/mol. The van der Waals surface area contributed by atoms with Gasteiger partial charge in [0, 0.05) is 58.0 Å². The molecule has 110 valence electrons. The molecule has 0 amide bonds. The first-order valence-electron chi connectivity index (χ1n) is 8.19. The van der Waals surface area contributed by atoms with Crippen LogP contribution in [-0.4, -0.2) is 74.4 Å². The van der Waals surface area contributed by atoms with Crippen LogP contribution in [0.1, 0.15) is 32.1 Å². The van der Waals surface area contributed by atoms with Crippen LogP contribution in [0.2, 0.25) is 0 Å². The number of ether oxygens (including phenoxy) is 1. The van der Waals surface area contributed by atoms with Gasteiger partial charge in [0.25, 0.3) is 0 Å². The highest BCUT2D eigenvalue weighted by molar-refractivity contribution is 4.85. The smallest absolute Gasteiger partial charge is 0.0480 e. The molecule has 0 aromatic rings. The van der Waals surface area contributed by atoms with Crippen LogP contribution in [0.4, 0.5) is 0 Å². The van der Waals surface area contributed by atoms with Crippen LogP contribution in [0, 0.1) is 0 Å². The molecule has 0 aromatic heterocycles. The normalized spacial score (nSPS) is 31.3. The molecule has 3 saturated heterocycles. The lowest BCUT2D eigenvalue weighted by atomic mass is 9.99. The van der Waals surface area contributed by atoms with Crippen LogP contribution in [0.5, 0.6) is 0 Å². The third kappa shape index (κ3) is 3.91. The highest BCUT2D eigenvalue weighted by Crippen LogP contribution is 2.20. The molecule has 0 aromatic carbocycles. The van der Waals surface area contributed by atoms with Gasteiger partial charge in [-0.2, -0.15) is 0 Å². The molecule has 4 heteroatoms. The minimum Gasteiger partial charge on any atom is -0.381 e. The second-order valence-corrected chi connectivity index (χ2v) is 6.33. The van der Waals surface area contributed by atoms with E-state index in [1.165, 1.54) is 64.8 Å². The van der Waals surface area contributed by atoms with Gasteiger partial charge < -0.3 is 10.1 Å². The van der Waals surface area contributed by atoms with Gasteiger partial charge in [-0.1, -0.05) is 6.42 Å². The van der Waals surface area contributed by atoms with Gasteiger partial charge in [0.2, 0.25) is 0 Å². The third-order valence-corrected chi connectivity index (χ3v) is 5.00. The molecule has 3 aliphatic heterocycles. The molecular formula is C15H29N3O. The number of hydrogen-bond donors (Lipinski definition) is 1. The van der Waals surface area contributed by atoms with Crippen molar-refractivity contribution in [3.05, 3.63) is 0 Å². The first-order valence-corrected chi connectivity index (χ1v) is 8.19. The van der Waals surface area contributed by atoms with Gasteiger partial charge in [-0.25, -0.2) is 0 Å². The first kappa shape index (κ1) is 13.8. The van der Waals surface area contributed by atoms with Crippen LogP contribution < -0.4 is 5.32 Å². The molecule has 3 heterocycles. The van der Waals surface area contributed by atoms with E-state index in [0.717, 1.165) is 25.8 Å². The van der Waals surface area contributed by atoms with E-state index in [-0.39, 0.29) is 0 Å². The Morgan fingerprint density at radius 1 is 1.00 bits per heavy atom. The van der Waals surface area contributed by atoms with E-state index in [9.17, 15) is 0 Å². The Bertz CT molecular complexity index is 268. The number of piperidine rings is 1. The van der Waals surface area contributed by atoms with Crippen molar-refractivity contribution in [3.63, 3.8) is 0 Å². The zero-order chi connectivity index (χ0) is 12.9. The summed E-state index contributed by atoms with van der Waals surface area (Å²) in [5.41, 5.74) is 0. The molecule has 1 N–H and O–H groups in total. The van der Waals surface area contributed by atoms with E-state index < -0.39 is 0 Å². The van der Waals surface area contributed by atoms with E-state index >= 15 is 0 Å². The van der Waals surface area contributed by atoms with Gasteiger partial charge >= 0.3 is 0 Å². The lowest BCUT2D eigenvalue weighted by Crippen LogP contribution is -2.55. The summed E-state index contributed by atoms with van der Waals surface area (Å²) in [6.07, 6.45) is 6.66. The Hall–Kier alpha value is -0.160. The topological polar surface area (TPSA) is 27.7 Å². The summed E-state index contributed by atoms with van der Waals surface area (Å²) >= 11 is 0. The van der Waals surface area contributed by atoms with Crippen molar-refractivity contribution in [2.75, 3.05) is 52.5 Å². The summed E-state index contributed by atoms with van der Waals surface area (Å²) < 4.78 is 5.40. The van der Waals surface area contributed by atoms with Gasteiger partial charge in [-0.3, -0.25) is 9.80 Å². The van der Waals surface area contributed by atoms with Crippen molar-refractivity contribution in [1.29, 1.82) is 0 Å². The van der Waals surface area contributed by atoms with Crippen molar-refractivity contribution in [2.45, 2.75) is 44.2 Å². The van der Waals surface area contributed by atoms with Gasteiger partial charge in [0.1, 0.15) is 0 Å². The predicted octanol–water partition coefficient (Wildman–Crippen LogP) is 0.925. The quantitative estimate of drug-likeness (QED) is 0.820. The zero-order valence-electron chi connectivity index (χ0n) is 12.1. The summed E-state index contributed by atoms with van der Waals surface area (Å²) in [7, 11) is 0. The van der Waals surface area contributed by atoms with Crippen LogP contribution in [-0.2, 0) is 4.74 Å². The van der Waals surface area contributed by atoms with Crippen LogP contribution in [0.25, 0.3) is 0 Å². The first-order chi connectivity index (χ1) is 9.42. The summed E-state index contributed by atoms with van der Waals surface area (Å²) in [6, 6.07) is 1.55. The van der Waals surface area contributed by atoms with Crippen LogP contribution >= 0.6 is 0 Å². The maximum absolute atomic E-state index is 5.40. The Labute approximate surface area is 117 Å². The number of nitrogens with zero attached hydrogens (tertiary/aromatic N) is 2. The van der Waals surface area contributed by atoms with Crippen molar-refractivity contribution < 1.29 is 4.74 Å². The minimum absolute atomic E-state index is 0.699. The predicted molar refractivity (Wildman–Crippen MR) is 77.5 cm³/mol. The van der Waals surface area contributed by atoms with Crippen LogP contribution in [0.3, 0.4) is 0 Å². The van der Waals surface area contributed by atoms with Crippen molar-refractivity contribution >= 4 is 0 Å². The molecule has 0 radical (unpaired) electrons. The fourth-order valence-electron chi connectivity index (χ4n) is 3.75. The number of piperazine rings is 1. The second-order valence-electron chi connectivity index (χ2n) is 6.33. The molecule has 1 atom stereocenters. The average Bonchev–Trinajstić information content (AvgIpc) is 2.48. The molecule has 3 fully saturated rings. The Morgan fingerprint density at radius 2 is 1.89 bits per heavy atom. The molecule has 1 unspecified atom stereocenters. The summed E-state index contributed by atoms with van der Waals surface area (Å²) in [5.74, 6) is 0. The number of nitrogens with one attached hydrogen (secondary N) is 1. The van der Waals surface area contributed by atoms with Gasteiger partial charge in [0.05, 0.1) is 0 Å². The Balaban J connectivity index is 1.34. The lowest BCUT2D eigenvalue weighted by Gasteiger charge is -2.44. The van der Waals surface area contributed by atoms with E-state index in [4.69, 9.17) is 4.74 Å². The molecule has 0 aliphatic carbocycles. The minimum atomic E-state index is 0.699. The monoisotopic (exact) mass is 267 g/mol. The molecule has 0 spiro atoms. The fourth-order valence-corrected chi connectivity index (χ4v) is 3.75. The maximum Gasteiger partial charge on any atom is 0.0480 e. The van der Waals surface area contributed by atoms with Gasteiger partial charge in [-0.05, 0) is 32.2 Å². The van der Waals surface area contributed by atoms with E-state index in [1.54, 1.807) is 0 Å². The fraction of sp³-hybridized carbons (Fsp3) is 1.00. The summed E-state index contributed by atoms with van der Waals surface area (Å²) in [6.45, 7) is 9.47. The molecule has 3 aliphatic rings. The van der Waals surface area contributed by atoms with Crippen LogP contribution in [0.15, 0.2) is 0 Å². The van der Waals surface area contributed by atoms with E-state index in [1.807, 2.05) is 0 Å². The number of fused-ring (bicyclic) bond motifs is 1. The van der Waals surface area contributed by atoms with Gasteiger partial charge in [0.15, 0.2) is 0 Å². The molecule has 3 rings (SSSR count). The molecule has 0 saturated carbocycles. The van der Waals surface area contributed by atoms with Crippen molar-refractivity contribution in [2.24, 2.45) is 0 Å². The second kappa shape index (κ2) is 7.02. The van der Waals surface area contributed by atoms with Crippen molar-refractivity contribution in [1.82, 2.24) is 15.1 Å². The number of rotatable bonds is 4. The summed E-state index contributed by atoms with van der Waals surface area (Å²) in [5, 5.41) is 3.71. The SMILES string of the molecule is C1CCN2CCN(CCNC3CCOCC3)CC2C1. The highest BCUT2D eigenvalue weighted by atomic mass is 16.5. The van der Waals surface area contributed by atoms with Gasteiger partial charge in [-0.15, -0.1) is 0 Å². The average molecular weight is 267 g/mol. The Morgan fingerprint density at radius 3 is 2.79 bits per heavy atom. The molecule has 4 nitrogen and oxygen atoms in total. The Kier molecular flexibility index (Phi) is 5.10. The molecule has 0 bridgehead atoms. The van der Waals surface area contributed by atoms with E-state index in [0.29, 0.717) is 6.04 Å².